The van der Waals surface area contributed by atoms with Gasteiger partial charge in [-0.1, -0.05) is 6.07 Å². The van der Waals surface area contributed by atoms with Gasteiger partial charge in [0.15, 0.2) is 0 Å². The van der Waals surface area contributed by atoms with Crippen molar-refractivity contribution in [2.45, 2.75) is 39.3 Å². The molecule has 0 spiro atoms. The number of rotatable bonds is 3. The third kappa shape index (κ3) is 3.26. The quantitative estimate of drug-likeness (QED) is 0.810. The molecular formula is C22H24N4O3. The van der Waals surface area contributed by atoms with Crippen LogP contribution in [0.4, 0.5) is 5.82 Å². The van der Waals surface area contributed by atoms with E-state index in [-0.39, 0.29) is 18.2 Å². The molecule has 1 N–H and O–H groups in total. The summed E-state index contributed by atoms with van der Waals surface area (Å²) in [6, 6.07) is 7.15. The van der Waals surface area contributed by atoms with Crippen LogP contribution < -0.4 is 10.2 Å². The number of anilines is 1. The van der Waals surface area contributed by atoms with E-state index in [0.29, 0.717) is 18.5 Å². The van der Waals surface area contributed by atoms with Crippen LogP contribution >= 0.6 is 0 Å². The van der Waals surface area contributed by atoms with Gasteiger partial charge in [0, 0.05) is 38.2 Å². The molecule has 1 unspecified atom stereocenters. The molecule has 2 aliphatic rings. The molecule has 0 bridgehead atoms. The summed E-state index contributed by atoms with van der Waals surface area (Å²) in [6.45, 7) is 4.48. The van der Waals surface area contributed by atoms with Crippen molar-refractivity contribution in [3.8, 4) is 11.3 Å². The van der Waals surface area contributed by atoms with Crippen LogP contribution in [0.3, 0.4) is 0 Å². The third-order valence-corrected chi connectivity index (χ3v) is 5.75. The summed E-state index contributed by atoms with van der Waals surface area (Å²) in [4.78, 5) is 44.8. The molecule has 2 aromatic rings. The maximum Gasteiger partial charge on any atom is 0.255 e. The van der Waals surface area contributed by atoms with Crippen molar-refractivity contribution in [2.24, 2.45) is 0 Å². The Labute approximate surface area is 169 Å². The van der Waals surface area contributed by atoms with Crippen molar-refractivity contribution in [1.29, 1.82) is 0 Å². The lowest BCUT2D eigenvalue weighted by molar-refractivity contribution is -0.136. The standard InChI is InChI=1S/C22H24N4O3/c1-12-9-17(23-20(13(12)2)25(3)4)14-5-6-16-15(10-14)11-26(22(16)29)18-7-8-19(27)24-21(18)28/h5-6,9-10,18H,7-8,11H2,1-4H3,(H,24,27,28). The third-order valence-electron chi connectivity index (χ3n) is 5.75. The van der Waals surface area contributed by atoms with Gasteiger partial charge in [-0.3, -0.25) is 19.7 Å². The molecule has 7 nitrogen and oxygen atoms in total. The summed E-state index contributed by atoms with van der Waals surface area (Å²) in [6.07, 6.45) is 0.615. The molecule has 0 radical (unpaired) electrons. The largest absolute Gasteiger partial charge is 0.362 e. The summed E-state index contributed by atoms with van der Waals surface area (Å²) < 4.78 is 0. The van der Waals surface area contributed by atoms with E-state index in [4.69, 9.17) is 4.98 Å². The van der Waals surface area contributed by atoms with E-state index in [9.17, 15) is 14.4 Å². The van der Waals surface area contributed by atoms with Crippen LogP contribution in [-0.4, -0.2) is 47.7 Å². The Morgan fingerprint density at radius 3 is 2.59 bits per heavy atom. The summed E-state index contributed by atoms with van der Waals surface area (Å²) in [5.41, 5.74) is 5.57. The fraction of sp³-hybridized carbons (Fsp3) is 0.364. The predicted molar refractivity (Wildman–Crippen MR) is 110 cm³/mol. The maximum absolute atomic E-state index is 12.9. The fourth-order valence-corrected chi connectivity index (χ4v) is 4.04. The number of fused-ring (bicyclic) bond motifs is 1. The summed E-state index contributed by atoms with van der Waals surface area (Å²) >= 11 is 0. The van der Waals surface area contributed by atoms with E-state index in [1.807, 2.05) is 37.2 Å². The molecule has 7 heteroatoms. The smallest absolute Gasteiger partial charge is 0.255 e. The second-order valence-electron chi connectivity index (χ2n) is 7.94. The van der Waals surface area contributed by atoms with Crippen LogP contribution in [0.15, 0.2) is 24.3 Å². The average molecular weight is 392 g/mol. The van der Waals surface area contributed by atoms with Gasteiger partial charge in [-0.15, -0.1) is 0 Å². The molecule has 0 aliphatic carbocycles. The Hall–Kier alpha value is -3.22. The molecule has 2 aliphatic heterocycles. The van der Waals surface area contributed by atoms with Gasteiger partial charge < -0.3 is 9.80 Å². The highest BCUT2D eigenvalue weighted by Gasteiger charge is 2.39. The summed E-state index contributed by atoms with van der Waals surface area (Å²) in [7, 11) is 3.94. The van der Waals surface area contributed by atoms with Gasteiger partial charge in [0.1, 0.15) is 11.9 Å². The monoisotopic (exact) mass is 392 g/mol. The zero-order valence-electron chi connectivity index (χ0n) is 17.1. The SMILES string of the molecule is Cc1cc(-c2ccc3c(c2)CN(C2CCC(=O)NC2=O)C3=O)nc(N(C)C)c1C. The zero-order valence-corrected chi connectivity index (χ0v) is 17.1. The van der Waals surface area contributed by atoms with Crippen molar-refractivity contribution in [3.05, 3.63) is 46.5 Å². The molecule has 1 aromatic heterocycles. The normalized spacial score (nSPS) is 18.7. The topological polar surface area (TPSA) is 82.6 Å². The number of pyridine rings is 1. The van der Waals surface area contributed by atoms with Crippen LogP contribution in [0.25, 0.3) is 11.3 Å². The highest BCUT2D eigenvalue weighted by Crippen LogP contribution is 2.32. The highest BCUT2D eigenvalue weighted by atomic mass is 16.2. The molecule has 3 amide bonds. The fourth-order valence-electron chi connectivity index (χ4n) is 4.04. The maximum atomic E-state index is 12.9. The van der Waals surface area contributed by atoms with Crippen molar-refractivity contribution < 1.29 is 14.4 Å². The lowest BCUT2D eigenvalue weighted by Crippen LogP contribution is -2.52. The molecule has 4 rings (SSSR count). The lowest BCUT2D eigenvalue weighted by atomic mass is 10.0. The molecular weight excluding hydrogens is 368 g/mol. The van der Waals surface area contributed by atoms with Gasteiger partial charge >= 0.3 is 0 Å². The van der Waals surface area contributed by atoms with Gasteiger partial charge in [0.05, 0.1) is 5.69 Å². The van der Waals surface area contributed by atoms with Crippen LogP contribution in [0.2, 0.25) is 0 Å². The second kappa shape index (κ2) is 6.99. The van der Waals surface area contributed by atoms with E-state index in [1.54, 1.807) is 4.90 Å². The molecule has 1 aromatic carbocycles. The van der Waals surface area contributed by atoms with Gasteiger partial charge in [-0.25, -0.2) is 4.98 Å². The van der Waals surface area contributed by atoms with Gasteiger partial charge in [-0.05, 0) is 55.2 Å². The number of nitrogens with zero attached hydrogens (tertiary/aromatic N) is 3. The van der Waals surface area contributed by atoms with E-state index < -0.39 is 11.9 Å². The Morgan fingerprint density at radius 2 is 1.90 bits per heavy atom. The number of piperidine rings is 1. The number of nitrogens with one attached hydrogen (secondary N) is 1. The van der Waals surface area contributed by atoms with Gasteiger partial charge in [-0.2, -0.15) is 0 Å². The molecule has 29 heavy (non-hydrogen) atoms. The number of benzene rings is 1. The first-order chi connectivity index (χ1) is 13.8. The van der Waals surface area contributed by atoms with Crippen LogP contribution in [0, 0.1) is 13.8 Å². The summed E-state index contributed by atoms with van der Waals surface area (Å²) in [5.74, 6) is 0.0779. The number of aryl methyl sites for hydroxylation is 1. The number of carbonyl (C=O) groups excluding carboxylic acids is 3. The Morgan fingerprint density at radius 1 is 1.14 bits per heavy atom. The van der Waals surface area contributed by atoms with E-state index in [2.05, 4.69) is 25.2 Å². The zero-order chi connectivity index (χ0) is 20.9. The van der Waals surface area contributed by atoms with Crippen LogP contribution in [0.5, 0.6) is 0 Å². The Kier molecular flexibility index (Phi) is 4.61. The van der Waals surface area contributed by atoms with E-state index in [0.717, 1.165) is 33.8 Å². The van der Waals surface area contributed by atoms with E-state index in [1.165, 1.54) is 0 Å². The first kappa shape index (κ1) is 19.1. The van der Waals surface area contributed by atoms with Crippen molar-refractivity contribution in [2.75, 3.05) is 19.0 Å². The minimum Gasteiger partial charge on any atom is -0.362 e. The lowest BCUT2D eigenvalue weighted by Gasteiger charge is -2.29. The number of hydrogen-bond acceptors (Lipinski definition) is 5. The minimum atomic E-state index is -0.601. The minimum absolute atomic E-state index is 0.164. The first-order valence-electron chi connectivity index (χ1n) is 9.70. The Balaban J connectivity index is 1.66. The van der Waals surface area contributed by atoms with E-state index >= 15 is 0 Å². The number of hydrogen-bond donors (Lipinski definition) is 1. The Bertz CT molecular complexity index is 1040. The van der Waals surface area contributed by atoms with Crippen molar-refractivity contribution in [3.63, 3.8) is 0 Å². The van der Waals surface area contributed by atoms with Crippen molar-refractivity contribution in [1.82, 2.24) is 15.2 Å². The molecule has 0 saturated carbocycles. The molecule has 1 saturated heterocycles. The van der Waals surface area contributed by atoms with Crippen LogP contribution in [-0.2, 0) is 16.1 Å². The van der Waals surface area contributed by atoms with Crippen molar-refractivity contribution >= 4 is 23.5 Å². The highest BCUT2D eigenvalue weighted by molar-refractivity contribution is 6.05. The average Bonchev–Trinajstić information content (AvgIpc) is 2.99. The predicted octanol–water partition coefficient (Wildman–Crippen LogP) is 2.19. The van der Waals surface area contributed by atoms with Gasteiger partial charge in [0.2, 0.25) is 11.8 Å². The molecule has 3 heterocycles. The number of aromatic nitrogens is 1. The van der Waals surface area contributed by atoms with Gasteiger partial charge in [0.25, 0.3) is 5.91 Å². The second-order valence-corrected chi connectivity index (χ2v) is 7.94. The number of carbonyl (C=O) groups is 3. The van der Waals surface area contributed by atoms with Crippen LogP contribution in [0.1, 0.15) is 39.9 Å². The number of imide groups is 1. The first-order valence-corrected chi connectivity index (χ1v) is 9.70. The number of amides is 3. The molecule has 150 valence electrons. The summed E-state index contributed by atoms with van der Waals surface area (Å²) in [5, 5.41) is 2.33. The molecule has 1 atom stereocenters. The molecule has 1 fully saturated rings.